The highest BCUT2D eigenvalue weighted by atomic mass is 19.3. The van der Waals surface area contributed by atoms with E-state index in [-0.39, 0.29) is 55.9 Å². The van der Waals surface area contributed by atoms with Gasteiger partial charge in [0.05, 0.1) is 30.2 Å². The molecule has 2 aliphatic rings. The number of halogens is 4. The molecule has 2 saturated carbocycles. The Morgan fingerprint density at radius 1 is 1.08 bits per heavy atom. The number of nitrogens with zero attached hydrogens (tertiary/aromatic N) is 5. The van der Waals surface area contributed by atoms with E-state index < -0.39 is 30.7 Å². The summed E-state index contributed by atoms with van der Waals surface area (Å²) in [5.41, 5.74) is 2.01. The zero-order valence-corrected chi connectivity index (χ0v) is 21.5. The van der Waals surface area contributed by atoms with E-state index in [4.69, 9.17) is 4.98 Å². The molecule has 0 radical (unpaired) electrons. The van der Waals surface area contributed by atoms with Gasteiger partial charge in [-0.25, -0.2) is 27.1 Å². The van der Waals surface area contributed by atoms with Crippen molar-refractivity contribution in [2.45, 2.75) is 75.8 Å². The van der Waals surface area contributed by atoms with Crippen molar-refractivity contribution >= 4 is 17.5 Å². The van der Waals surface area contributed by atoms with Crippen LogP contribution in [-0.4, -0.2) is 48.5 Å². The van der Waals surface area contributed by atoms with E-state index >= 15 is 0 Å². The predicted octanol–water partition coefficient (Wildman–Crippen LogP) is 4.37. The number of alkyl halides is 4. The number of aryl methyl sites for hydroxylation is 1. The standard InChI is InChI=1S/C26H31F4N7O2/c1-36-19(8-11-31-36)25(39)35-24(16-6-9-26(29,30)10-7-16)18-14-37-21(33-18)12-17(13-32-37)23(15-2-3-15)34-22(38)5-4-20(27)28/h8,11-16,20,23-24H,2-7,9-10H2,1H3,(H,34,38)(H,35,39)/t23-,24+/m1/s1. The maximum atomic E-state index is 13.9. The summed E-state index contributed by atoms with van der Waals surface area (Å²) in [5, 5.41) is 14.3. The summed E-state index contributed by atoms with van der Waals surface area (Å²) in [6.45, 7) is 0. The lowest BCUT2D eigenvalue weighted by atomic mass is 9.81. The molecule has 0 unspecified atom stereocenters. The number of fused-ring (bicyclic) bond motifs is 1. The summed E-state index contributed by atoms with van der Waals surface area (Å²) in [4.78, 5) is 30.0. The zero-order chi connectivity index (χ0) is 27.7. The van der Waals surface area contributed by atoms with Gasteiger partial charge in [-0.05, 0) is 55.2 Å². The molecule has 0 aliphatic heterocycles. The molecule has 2 aliphatic carbocycles. The molecule has 210 valence electrons. The first-order chi connectivity index (χ1) is 18.6. The fraction of sp³-hybridized carbons (Fsp3) is 0.577. The Morgan fingerprint density at radius 3 is 2.44 bits per heavy atom. The van der Waals surface area contributed by atoms with E-state index in [2.05, 4.69) is 20.8 Å². The van der Waals surface area contributed by atoms with Crippen LogP contribution in [0.4, 0.5) is 17.6 Å². The first-order valence-electron chi connectivity index (χ1n) is 13.2. The molecular formula is C26H31F4N7O2. The molecule has 39 heavy (non-hydrogen) atoms. The van der Waals surface area contributed by atoms with Crippen molar-refractivity contribution in [3.63, 3.8) is 0 Å². The van der Waals surface area contributed by atoms with Crippen LogP contribution >= 0.6 is 0 Å². The number of nitrogens with one attached hydrogen (secondary N) is 2. The maximum absolute atomic E-state index is 13.9. The fourth-order valence-electron chi connectivity index (χ4n) is 5.26. The van der Waals surface area contributed by atoms with Crippen molar-refractivity contribution in [2.24, 2.45) is 18.9 Å². The van der Waals surface area contributed by atoms with Crippen LogP contribution in [-0.2, 0) is 11.8 Å². The minimum atomic E-state index is -2.72. The molecule has 2 N–H and O–H groups in total. The number of hydrogen-bond donors (Lipinski definition) is 2. The third kappa shape index (κ3) is 6.39. The van der Waals surface area contributed by atoms with Gasteiger partial charge in [-0.15, -0.1) is 0 Å². The van der Waals surface area contributed by atoms with E-state index in [1.54, 1.807) is 36.1 Å². The van der Waals surface area contributed by atoms with E-state index in [0.29, 0.717) is 22.6 Å². The number of hydrogen-bond acceptors (Lipinski definition) is 5. The molecule has 3 aromatic heterocycles. The Morgan fingerprint density at radius 2 is 1.79 bits per heavy atom. The van der Waals surface area contributed by atoms with Crippen molar-refractivity contribution in [1.82, 2.24) is 35.0 Å². The highest BCUT2D eigenvalue weighted by Gasteiger charge is 2.40. The number of carbonyl (C=O) groups is 2. The van der Waals surface area contributed by atoms with E-state index in [9.17, 15) is 27.2 Å². The van der Waals surface area contributed by atoms with Crippen LogP contribution in [0, 0.1) is 11.8 Å². The topological polar surface area (TPSA) is 106 Å². The lowest BCUT2D eigenvalue weighted by Gasteiger charge is -2.33. The van der Waals surface area contributed by atoms with Crippen LogP contribution in [0.5, 0.6) is 0 Å². The Hall–Kier alpha value is -3.51. The molecule has 2 fully saturated rings. The minimum absolute atomic E-state index is 0.189. The van der Waals surface area contributed by atoms with Gasteiger partial charge in [0.15, 0.2) is 5.65 Å². The lowest BCUT2D eigenvalue weighted by Crippen LogP contribution is -2.38. The highest BCUT2D eigenvalue weighted by Crippen LogP contribution is 2.42. The Kier molecular flexibility index (Phi) is 7.59. The zero-order valence-electron chi connectivity index (χ0n) is 21.5. The average molecular weight is 550 g/mol. The molecule has 3 aromatic rings. The Balaban J connectivity index is 1.40. The number of carbonyl (C=O) groups excluding carboxylic acids is 2. The summed E-state index contributed by atoms with van der Waals surface area (Å²) in [6.07, 6.45) is 3.22. The summed E-state index contributed by atoms with van der Waals surface area (Å²) >= 11 is 0. The van der Waals surface area contributed by atoms with Crippen molar-refractivity contribution in [3.05, 3.63) is 47.7 Å². The van der Waals surface area contributed by atoms with E-state index in [1.165, 1.54) is 10.9 Å². The summed E-state index contributed by atoms with van der Waals surface area (Å²) in [6, 6.07) is 2.37. The van der Waals surface area contributed by atoms with Gasteiger partial charge in [0.2, 0.25) is 18.3 Å². The van der Waals surface area contributed by atoms with Crippen molar-refractivity contribution in [3.8, 4) is 0 Å². The van der Waals surface area contributed by atoms with Crippen LogP contribution in [0.1, 0.15) is 85.2 Å². The monoisotopic (exact) mass is 549 g/mol. The van der Waals surface area contributed by atoms with Gasteiger partial charge in [0.1, 0.15) is 5.69 Å². The smallest absolute Gasteiger partial charge is 0.270 e. The quantitative estimate of drug-likeness (QED) is 0.366. The molecule has 5 rings (SSSR count). The highest BCUT2D eigenvalue weighted by molar-refractivity contribution is 5.92. The molecule has 13 heteroatoms. The molecule has 0 saturated heterocycles. The SMILES string of the molecule is Cn1nccc1C(=O)N[C@H](c1cn2ncc([C@H](NC(=O)CCC(F)F)C3CC3)cc2n1)C1CCC(F)(F)CC1. The molecule has 0 aromatic carbocycles. The van der Waals surface area contributed by atoms with Gasteiger partial charge in [-0.1, -0.05) is 0 Å². The molecule has 0 bridgehead atoms. The van der Waals surface area contributed by atoms with Crippen molar-refractivity contribution in [2.75, 3.05) is 0 Å². The lowest BCUT2D eigenvalue weighted by molar-refractivity contribution is -0.122. The Bertz CT molecular complexity index is 1330. The van der Waals surface area contributed by atoms with Gasteiger partial charge >= 0.3 is 0 Å². The maximum Gasteiger partial charge on any atom is 0.270 e. The van der Waals surface area contributed by atoms with Gasteiger partial charge in [-0.2, -0.15) is 10.2 Å². The fourth-order valence-corrected chi connectivity index (χ4v) is 5.26. The normalized spacial score (nSPS) is 19.2. The number of imidazole rings is 1. The number of rotatable bonds is 10. The second-order valence-corrected chi connectivity index (χ2v) is 10.6. The van der Waals surface area contributed by atoms with Crippen LogP contribution in [0.25, 0.3) is 5.65 Å². The molecule has 0 spiro atoms. The van der Waals surface area contributed by atoms with Crippen LogP contribution in [0.15, 0.2) is 30.7 Å². The second kappa shape index (κ2) is 10.9. The van der Waals surface area contributed by atoms with Gasteiger partial charge in [0.25, 0.3) is 5.91 Å². The summed E-state index contributed by atoms with van der Waals surface area (Å²) < 4.78 is 55.9. The third-order valence-electron chi connectivity index (χ3n) is 7.61. The number of aromatic nitrogens is 5. The third-order valence-corrected chi connectivity index (χ3v) is 7.61. The van der Waals surface area contributed by atoms with Crippen LogP contribution < -0.4 is 10.6 Å². The van der Waals surface area contributed by atoms with Gasteiger partial charge < -0.3 is 10.6 Å². The minimum Gasteiger partial charge on any atom is -0.349 e. The second-order valence-electron chi connectivity index (χ2n) is 10.6. The van der Waals surface area contributed by atoms with E-state index in [0.717, 1.165) is 12.8 Å². The van der Waals surface area contributed by atoms with Crippen molar-refractivity contribution in [1.29, 1.82) is 0 Å². The van der Waals surface area contributed by atoms with E-state index in [1.807, 2.05) is 0 Å². The van der Waals surface area contributed by atoms with Crippen LogP contribution in [0.3, 0.4) is 0 Å². The number of amides is 2. The predicted molar refractivity (Wildman–Crippen MR) is 132 cm³/mol. The first-order valence-corrected chi connectivity index (χ1v) is 13.2. The van der Waals surface area contributed by atoms with Crippen LogP contribution in [0.2, 0.25) is 0 Å². The first kappa shape index (κ1) is 27.1. The van der Waals surface area contributed by atoms with Gasteiger partial charge in [0, 0.05) is 38.9 Å². The molecular weight excluding hydrogens is 518 g/mol. The largest absolute Gasteiger partial charge is 0.349 e. The molecule has 2 amide bonds. The molecule has 9 nitrogen and oxygen atoms in total. The van der Waals surface area contributed by atoms with Gasteiger partial charge in [-0.3, -0.25) is 14.3 Å². The average Bonchev–Trinajstić information content (AvgIpc) is 3.50. The molecule has 3 heterocycles. The summed E-state index contributed by atoms with van der Waals surface area (Å²) in [7, 11) is 1.64. The molecule has 2 atom stereocenters. The Labute approximate surface area is 222 Å². The van der Waals surface area contributed by atoms with Crippen molar-refractivity contribution < 1.29 is 27.2 Å². The summed E-state index contributed by atoms with van der Waals surface area (Å²) in [5.74, 6) is -3.61.